The summed E-state index contributed by atoms with van der Waals surface area (Å²) in [6.45, 7) is 8.02. The maximum Gasteiger partial charge on any atom is 0.263 e. The molecule has 2 heterocycles. The highest BCUT2D eigenvalue weighted by molar-refractivity contribution is 9.10. The smallest absolute Gasteiger partial charge is 0.263 e. The molecule has 132 valence electrons. The maximum absolute atomic E-state index is 13.1. The van der Waals surface area contributed by atoms with E-state index in [1.165, 1.54) is 0 Å². The van der Waals surface area contributed by atoms with Gasteiger partial charge in [-0.3, -0.25) is 4.79 Å². The lowest BCUT2D eigenvalue weighted by atomic mass is 9.92. The van der Waals surface area contributed by atoms with E-state index in [4.69, 9.17) is 4.74 Å². The first-order chi connectivity index (χ1) is 11.6. The van der Waals surface area contributed by atoms with Crippen molar-refractivity contribution in [1.82, 2.24) is 10.2 Å². The number of nitrogens with one attached hydrogen (secondary N) is 1. The Balaban J connectivity index is 1.69. The molecule has 1 unspecified atom stereocenters. The van der Waals surface area contributed by atoms with Gasteiger partial charge in [-0.15, -0.1) is 0 Å². The summed E-state index contributed by atoms with van der Waals surface area (Å²) in [5.74, 6) is 2.46. The molecule has 5 heteroatoms. The molecule has 0 radical (unpaired) electrons. The number of benzene rings is 1. The highest BCUT2D eigenvalue weighted by Crippen LogP contribution is 2.29. The number of carbonyl (C=O) groups is 1. The number of carbonyl (C=O) groups excluding carboxylic acids is 1. The molecule has 1 N–H and O–H groups in total. The van der Waals surface area contributed by atoms with Gasteiger partial charge >= 0.3 is 0 Å². The van der Waals surface area contributed by atoms with Crippen LogP contribution < -0.4 is 10.1 Å². The Bertz CT molecular complexity index is 564. The van der Waals surface area contributed by atoms with Crippen LogP contribution in [0.1, 0.15) is 26.7 Å². The largest absolute Gasteiger partial charge is 0.479 e. The molecule has 2 fully saturated rings. The number of amides is 1. The highest BCUT2D eigenvalue weighted by atomic mass is 79.9. The third kappa shape index (κ3) is 3.94. The lowest BCUT2D eigenvalue weighted by Crippen LogP contribution is -2.45. The number of hydrogen-bond acceptors (Lipinski definition) is 3. The third-order valence-electron chi connectivity index (χ3n) is 5.27. The van der Waals surface area contributed by atoms with Gasteiger partial charge in [-0.1, -0.05) is 26.0 Å². The zero-order valence-corrected chi connectivity index (χ0v) is 16.1. The minimum Gasteiger partial charge on any atom is -0.479 e. The van der Waals surface area contributed by atoms with E-state index in [0.717, 1.165) is 61.1 Å². The Morgan fingerprint density at radius 2 is 1.83 bits per heavy atom. The van der Waals surface area contributed by atoms with Crippen molar-refractivity contribution < 1.29 is 9.53 Å². The fourth-order valence-corrected chi connectivity index (χ4v) is 4.15. The molecule has 1 amide bonds. The summed E-state index contributed by atoms with van der Waals surface area (Å²) in [6.07, 6.45) is 1.77. The molecule has 1 aromatic carbocycles. The summed E-state index contributed by atoms with van der Waals surface area (Å²) in [5, 5.41) is 3.48. The van der Waals surface area contributed by atoms with E-state index in [1.807, 2.05) is 29.2 Å². The first-order valence-corrected chi connectivity index (χ1v) is 9.76. The molecule has 2 aliphatic rings. The SMILES string of the molecule is CC(C)C(Oc1ccccc1Br)C(=O)N1CC[C@@H]2CNC[C@@H]2CC1. The van der Waals surface area contributed by atoms with Gasteiger partial charge in [0, 0.05) is 13.1 Å². The number of rotatable bonds is 4. The molecule has 0 bridgehead atoms. The van der Waals surface area contributed by atoms with Gasteiger partial charge in [0.15, 0.2) is 6.10 Å². The van der Waals surface area contributed by atoms with E-state index in [0.29, 0.717) is 0 Å². The Kier molecular flexibility index (Phi) is 5.82. The van der Waals surface area contributed by atoms with E-state index in [1.54, 1.807) is 0 Å². The molecule has 3 atom stereocenters. The summed E-state index contributed by atoms with van der Waals surface area (Å²) in [7, 11) is 0. The fraction of sp³-hybridized carbons (Fsp3) is 0.632. The van der Waals surface area contributed by atoms with Crippen LogP contribution in [0.4, 0.5) is 0 Å². The zero-order chi connectivity index (χ0) is 17.1. The van der Waals surface area contributed by atoms with Crippen LogP contribution in [0.25, 0.3) is 0 Å². The van der Waals surface area contributed by atoms with Gasteiger partial charge in [0.2, 0.25) is 0 Å². The first-order valence-electron chi connectivity index (χ1n) is 8.97. The Hall–Kier alpha value is -1.07. The molecule has 0 spiro atoms. The molecule has 24 heavy (non-hydrogen) atoms. The van der Waals surface area contributed by atoms with E-state index in [-0.39, 0.29) is 11.8 Å². The van der Waals surface area contributed by atoms with Crippen LogP contribution in [-0.4, -0.2) is 43.1 Å². The molecular weight excluding hydrogens is 368 g/mol. The Morgan fingerprint density at radius 1 is 1.21 bits per heavy atom. The second kappa shape index (κ2) is 7.87. The van der Waals surface area contributed by atoms with E-state index < -0.39 is 6.10 Å². The molecule has 2 aliphatic heterocycles. The van der Waals surface area contributed by atoms with Crippen molar-refractivity contribution in [2.24, 2.45) is 17.8 Å². The summed E-state index contributed by atoms with van der Waals surface area (Å²) in [6, 6.07) is 7.73. The monoisotopic (exact) mass is 394 g/mol. The van der Waals surface area contributed by atoms with Crippen molar-refractivity contribution in [3.05, 3.63) is 28.7 Å². The van der Waals surface area contributed by atoms with Crippen molar-refractivity contribution >= 4 is 21.8 Å². The quantitative estimate of drug-likeness (QED) is 0.851. The normalized spacial score (nSPS) is 25.2. The van der Waals surface area contributed by atoms with E-state index >= 15 is 0 Å². The van der Waals surface area contributed by atoms with Crippen LogP contribution >= 0.6 is 15.9 Å². The van der Waals surface area contributed by atoms with Gasteiger partial charge in [-0.05, 0) is 71.7 Å². The van der Waals surface area contributed by atoms with Gasteiger partial charge in [-0.2, -0.15) is 0 Å². The first kappa shape index (κ1) is 17.7. The highest BCUT2D eigenvalue weighted by Gasteiger charge is 2.35. The number of halogens is 1. The van der Waals surface area contributed by atoms with Crippen molar-refractivity contribution in [2.45, 2.75) is 32.8 Å². The van der Waals surface area contributed by atoms with Gasteiger partial charge in [0.1, 0.15) is 5.75 Å². The van der Waals surface area contributed by atoms with Crippen molar-refractivity contribution in [2.75, 3.05) is 26.2 Å². The zero-order valence-electron chi connectivity index (χ0n) is 14.5. The Labute approximate surface area is 153 Å². The Morgan fingerprint density at radius 3 is 2.42 bits per heavy atom. The van der Waals surface area contributed by atoms with Crippen molar-refractivity contribution in [1.29, 1.82) is 0 Å². The fourth-order valence-electron chi connectivity index (χ4n) is 3.77. The average Bonchev–Trinajstić information content (AvgIpc) is 2.92. The lowest BCUT2D eigenvalue weighted by molar-refractivity contribution is -0.140. The molecular formula is C19H27BrN2O2. The molecule has 3 rings (SSSR count). The maximum atomic E-state index is 13.1. The van der Waals surface area contributed by atoms with Crippen LogP contribution in [0.5, 0.6) is 5.75 Å². The molecule has 2 saturated heterocycles. The summed E-state index contributed by atoms with van der Waals surface area (Å²) >= 11 is 3.51. The van der Waals surface area contributed by atoms with Gasteiger partial charge in [0.05, 0.1) is 4.47 Å². The number of para-hydroxylation sites is 1. The minimum absolute atomic E-state index is 0.133. The minimum atomic E-state index is -0.431. The number of fused-ring (bicyclic) bond motifs is 1. The lowest BCUT2D eigenvalue weighted by Gasteiger charge is -2.29. The van der Waals surface area contributed by atoms with Gasteiger partial charge in [0.25, 0.3) is 5.91 Å². The number of ether oxygens (including phenoxy) is 1. The van der Waals surface area contributed by atoms with E-state index in [2.05, 4.69) is 35.1 Å². The predicted octanol–water partition coefficient (Wildman–Crippen LogP) is 3.31. The predicted molar refractivity (Wildman–Crippen MR) is 99.1 cm³/mol. The topological polar surface area (TPSA) is 41.6 Å². The second-order valence-electron chi connectivity index (χ2n) is 7.29. The van der Waals surface area contributed by atoms with Gasteiger partial charge < -0.3 is 15.0 Å². The standard InChI is InChI=1S/C19H27BrN2O2/c1-13(2)18(24-17-6-4-3-5-16(17)20)19(23)22-9-7-14-11-21-12-15(14)8-10-22/h3-6,13-15,18,21H,7-12H2,1-2H3/t14-,15+,18?. The van der Waals surface area contributed by atoms with Gasteiger partial charge in [-0.25, -0.2) is 0 Å². The molecule has 0 aliphatic carbocycles. The van der Waals surface area contributed by atoms with Crippen LogP contribution in [0, 0.1) is 17.8 Å². The summed E-state index contributed by atoms with van der Waals surface area (Å²) in [5.41, 5.74) is 0. The summed E-state index contributed by atoms with van der Waals surface area (Å²) < 4.78 is 6.99. The second-order valence-corrected chi connectivity index (χ2v) is 8.15. The van der Waals surface area contributed by atoms with Crippen molar-refractivity contribution in [3.8, 4) is 5.75 Å². The summed E-state index contributed by atoms with van der Waals surface area (Å²) in [4.78, 5) is 15.1. The molecule has 0 saturated carbocycles. The van der Waals surface area contributed by atoms with Crippen molar-refractivity contribution in [3.63, 3.8) is 0 Å². The van der Waals surface area contributed by atoms with Crippen LogP contribution in [-0.2, 0) is 4.79 Å². The van der Waals surface area contributed by atoms with E-state index in [9.17, 15) is 4.79 Å². The van der Waals surface area contributed by atoms with Crippen LogP contribution in [0.15, 0.2) is 28.7 Å². The number of nitrogens with zero attached hydrogens (tertiary/aromatic N) is 1. The molecule has 1 aromatic rings. The number of likely N-dealkylation sites (tertiary alicyclic amines) is 1. The molecule has 0 aromatic heterocycles. The average molecular weight is 395 g/mol. The van der Waals surface area contributed by atoms with Crippen LogP contribution in [0.3, 0.4) is 0 Å². The van der Waals surface area contributed by atoms with Crippen LogP contribution in [0.2, 0.25) is 0 Å². The number of hydrogen-bond donors (Lipinski definition) is 1. The third-order valence-corrected chi connectivity index (χ3v) is 5.93. The molecule has 4 nitrogen and oxygen atoms in total.